The third-order valence-corrected chi connectivity index (χ3v) is 3.47. The van der Waals surface area contributed by atoms with Crippen LogP contribution in [0.2, 0.25) is 5.02 Å². The SMILES string of the molecule is C[C@H]1C[C@@H](C(=O)Nc2ccc(F)c(Cl)c2)CCN1.Cl. The fourth-order valence-electron chi connectivity index (χ4n) is 2.19. The molecule has 19 heavy (non-hydrogen) atoms. The van der Waals surface area contributed by atoms with Crippen LogP contribution in [0.5, 0.6) is 0 Å². The normalized spacial score (nSPS) is 22.5. The Labute approximate surface area is 123 Å². The molecule has 1 aromatic rings. The van der Waals surface area contributed by atoms with Crippen molar-refractivity contribution in [1.82, 2.24) is 5.32 Å². The summed E-state index contributed by atoms with van der Waals surface area (Å²) in [6.07, 6.45) is 1.64. The molecule has 2 N–H and O–H groups in total. The number of anilines is 1. The van der Waals surface area contributed by atoms with Crippen molar-refractivity contribution in [3.8, 4) is 0 Å². The van der Waals surface area contributed by atoms with E-state index in [0.717, 1.165) is 19.4 Å². The molecular formula is C13H17Cl2FN2O. The molecular weight excluding hydrogens is 290 g/mol. The highest BCUT2D eigenvalue weighted by Gasteiger charge is 2.24. The molecule has 0 radical (unpaired) electrons. The van der Waals surface area contributed by atoms with Crippen molar-refractivity contribution in [2.75, 3.05) is 11.9 Å². The number of hydrogen-bond acceptors (Lipinski definition) is 2. The van der Waals surface area contributed by atoms with Crippen LogP contribution < -0.4 is 10.6 Å². The summed E-state index contributed by atoms with van der Waals surface area (Å²) < 4.78 is 13.0. The van der Waals surface area contributed by atoms with Gasteiger partial charge < -0.3 is 10.6 Å². The predicted molar refractivity (Wildman–Crippen MR) is 77.5 cm³/mol. The van der Waals surface area contributed by atoms with Crippen molar-refractivity contribution in [2.45, 2.75) is 25.8 Å². The minimum absolute atomic E-state index is 0. The van der Waals surface area contributed by atoms with Crippen LogP contribution in [-0.4, -0.2) is 18.5 Å². The van der Waals surface area contributed by atoms with Crippen LogP contribution in [0, 0.1) is 11.7 Å². The molecule has 6 heteroatoms. The molecule has 0 aromatic heterocycles. The largest absolute Gasteiger partial charge is 0.326 e. The summed E-state index contributed by atoms with van der Waals surface area (Å²) in [4.78, 5) is 12.0. The molecule has 1 aromatic carbocycles. The van der Waals surface area contributed by atoms with Crippen LogP contribution in [0.25, 0.3) is 0 Å². The third-order valence-electron chi connectivity index (χ3n) is 3.18. The fraction of sp³-hybridized carbons (Fsp3) is 0.462. The van der Waals surface area contributed by atoms with Crippen LogP contribution >= 0.6 is 24.0 Å². The highest BCUT2D eigenvalue weighted by Crippen LogP contribution is 2.22. The second-order valence-corrected chi connectivity index (χ2v) is 5.10. The van der Waals surface area contributed by atoms with Gasteiger partial charge in [0, 0.05) is 17.6 Å². The van der Waals surface area contributed by atoms with Gasteiger partial charge in [-0.15, -0.1) is 12.4 Å². The van der Waals surface area contributed by atoms with Crippen molar-refractivity contribution in [1.29, 1.82) is 0 Å². The predicted octanol–water partition coefficient (Wildman–Crippen LogP) is 3.23. The number of halogens is 3. The van der Waals surface area contributed by atoms with Crippen molar-refractivity contribution < 1.29 is 9.18 Å². The molecule has 1 saturated heterocycles. The molecule has 0 bridgehead atoms. The Hall–Kier alpha value is -0.840. The summed E-state index contributed by atoms with van der Waals surface area (Å²) in [6.45, 7) is 2.91. The summed E-state index contributed by atoms with van der Waals surface area (Å²) in [7, 11) is 0. The Morgan fingerprint density at radius 1 is 1.53 bits per heavy atom. The first-order valence-corrected chi connectivity index (χ1v) is 6.43. The second kappa shape index (κ2) is 7.08. The molecule has 2 atom stereocenters. The van der Waals surface area contributed by atoms with Gasteiger partial charge in [0.25, 0.3) is 0 Å². The van der Waals surface area contributed by atoms with Crippen LogP contribution in [0.4, 0.5) is 10.1 Å². The molecule has 3 nitrogen and oxygen atoms in total. The maximum absolute atomic E-state index is 13.0. The van der Waals surface area contributed by atoms with Gasteiger partial charge in [-0.05, 0) is 44.5 Å². The number of carbonyl (C=O) groups is 1. The van der Waals surface area contributed by atoms with E-state index in [-0.39, 0.29) is 29.3 Å². The fourth-order valence-corrected chi connectivity index (χ4v) is 2.37. The smallest absolute Gasteiger partial charge is 0.227 e. The molecule has 1 amide bonds. The number of benzene rings is 1. The highest BCUT2D eigenvalue weighted by atomic mass is 35.5. The minimum atomic E-state index is -0.481. The van der Waals surface area contributed by atoms with E-state index in [1.165, 1.54) is 18.2 Å². The number of piperidine rings is 1. The van der Waals surface area contributed by atoms with Gasteiger partial charge in [0.1, 0.15) is 5.82 Å². The van der Waals surface area contributed by atoms with E-state index < -0.39 is 5.82 Å². The van der Waals surface area contributed by atoms with Crippen molar-refractivity contribution in [3.63, 3.8) is 0 Å². The number of rotatable bonds is 2. The molecule has 1 aliphatic heterocycles. The van der Waals surface area contributed by atoms with Crippen LogP contribution in [0.3, 0.4) is 0 Å². The average Bonchev–Trinajstić information content (AvgIpc) is 2.34. The third kappa shape index (κ3) is 4.34. The van der Waals surface area contributed by atoms with Gasteiger partial charge in [-0.1, -0.05) is 11.6 Å². The lowest BCUT2D eigenvalue weighted by atomic mass is 9.92. The first-order chi connectivity index (χ1) is 8.56. The number of amides is 1. The Bertz CT molecular complexity index is 456. The number of hydrogen-bond donors (Lipinski definition) is 2. The maximum atomic E-state index is 13.0. The lowest BCUT2D eigenvalue weighted by molar-refractivity contribution is -0.120. The van der Waals surface area contributed by atoms with E-state index in [1.807, 2.05) is 0 Å². The molecule has 1 heterocycles. The Kier molecular flexibility index (Phi) is 6.04. The molecule has 2 rings (SSSR count). The summed E-state index contributed by atoms with van der Waals surface area (Å²) in [5.74, 6) is -0.499. The van der Waals surface area contributed by atoms with Crippen molar-refractivity contribution >= 4 is 35.6 Å². The minimum Gasteiger partial charge on any atom is -0.326 e. The average molecular weight is 307 g/mol. The van der Waals surface area contributed by atoms with Gasteiger partial charge in [-0.3, -0.25) is 4.79 Å². The van der Waals surface area contributed by atoms with E-state index in [0.29, 0.717) is 11.7 Å². The zero-order chi connectivity index (χ0) is 13.1. The zero-order valence-electron chi connectivity index (χ0n) is 10.6. The van der Waals surface area contributed by atoms with Crippen LogP contribution in [-0.2, 0) is 4.79 Å². The second-order valence-electron chi connectivity index (χ2n) is 4.69. The van der Waals surface area contributed by atoms with Crippen LogP contribution in [0.15, 0.2) is 18.2 Å². The van der Waals surface area contributed by atoms with E-state index in [1.54, 1.807) is 0 Å². The van der Waals surface area contributed by atoms with Gasteiger partial charge in [0.05, 0.1) is 5.02 Å². The van der Waals surface area contributed by atoms with Gasteiger partial charge in [0.2, 0.25) is 5.91 Å². The molecule has 0 unspecified atom stereocenters. The van der Waals surface area contributed by atoms with E-state index in [9.17, 15) is 9.18 Å². The van der Waals surface area contributed by atoms with Crippen LogP contribution in [0.1, 0.15) is 19.8 Å². The topological polar surface area (TPSA) is 41.1 Å². The summed E-state index contributed by atoms with van der Waals surface area (Å²) in [5.41, 5.74) is 0.539. The first-order valence-electron chi connectivity index (χ1n) is 6.05. The summed E-state index contributed by atoms with van der Waals surface area (Å²) >= 11 is 5.67. The lowest BCUT2D eigenvalue weighted by Crippen LogP contribution is -2.40. The molecule has 0 aliphatic carbocycles. The standard InChI is InChI=1S/C13H16ClFN2O.ClH/c1-8-6-9(4-5-16-8)13(18)17-10-2-3-12(15)11(14)7-10;/h2-3,7-9,16H,4-6H2,1H3,(H,17,18);1H/t8-,9-;/m0./s1. The highest BCUT2D eigenvalue weighted by molar-refractivity contribution is 6.31. The van der Waals surface area contributed by atoms with Crippen molar-refractivity contribution in [2.24, 2.45) is 5.92 Å². The number of carbonyl (C=O) groups excluding carboxylic acids is 1. The van der Waals surface area contributed by atoms with Gasteiger partial charge in [0.15, 0.2) is 0 Å². The van der Waals surface area contributed by atoms with E-state index >= 15 is 0 Å². The maximum Gasteiger partial charge on any atom is 0.227 e. The van der Waals surface area contributed by atoms with Gasteiger partial charge in [-0.2, -0.15) is 0 Å². The van der Waals surface area contributed by atoms with Gasteiger partial charge >= 0.3 is 0 Å². The molecule has 1 fully saturated rings. The Balaban J connectivity index is 0.00000180. The van der Waals surface area contributed by atoms with Crippen molar-refractivity contribution in [3.05, 3.63) is 29.0 Å². The summed E-state index contributed by atoms with van der Waals surface area (Å²) in [6, 6.07) is 4.55. The van der Waals surface area contributed by atoms with E-state index in [4.69, 9.17) is 11.6 Å². The quantitative estimate of drug-likeness (QED) is 0.881. The molecule has 106 valence electrons. The first kappa shape index (κ1) is 16.2. The van der Waals surface area contributed by atoms with Gasteiger partial charge in [-0.25, -0.2) is 4.39 Å². The Morgan fingerprint density at radius 2 is 2.26 bits per heavy atom. The zero-order valence-corrected chi connectivity index (χ0v) is 12.2. The molecule has 1 aliphatic rings. The molecule has 0 spiro atoms. The molecule has 0 saturated carbocycles. The Morgan fingerprint density at radius 3 is 2.89 bits per heavy atom. The monoisotopic (exact) mass is 306 g/mol. The van der Waals surface area contributed by atoms with E-state index in [2.05, 4.69) is 17.6 Å². The summed E-state index contributed by atoms with van der Waals surface area (Å²) in [5, 5.41) is 6.10. The number of nitrogens with one attached hydrogen (secondary N) is 2. The lowest BCUT2D eigenvalue weighted by Gasteiger charge is -2.27.